The minimum Gasteiger partial charge on any atom is -0.467 e. The molecule has 2 amide bonds. The van der Waals surface area contributed by atoms with E-state index in [0.717, 1.165) is 16.8 Å². The number of esters is 1. The number of Topliss-reactive ketones (excluding diaryl/α,β-unsaturated/α-hetero) is 1. The molecule has 0 aromatic heterocycles. The van der Waals surface area contributed by atoms with Crippen molar-refractivity contribution in [3.05, 3.63) is 93.0 Å². The second-order valence-electron chi connectivity index (χ2n) is 9.24. The van der Waals surface area contributed by atoms with E-state index in [1.807, 2.05) is 19.0 Å². The first kappa shape index (κ1) is 31.4. The summed E-state index contributed by atoms with van der Waals surface area (Å²) in [4.78, 5) is 52.5. The number of hydrogen-bond acceptors (Lipinski definition) is 7. The number of nitrogens with zero attached hydrogens (tertiary/aromatic N) is 1. The number of anilines is 2. The van der Waals surface area contributed by atoms with Gasteiger partial charge in [0.2, 0.25) is 0 Å². The first-order valence-electron chi connectivity index (χ1n) is 12.7. The molecule has 3 aromatic rings. The number of ether oxygens (including phenoxy) is 2. The molecule has 9 nitrogen and oxygen atoms in total. The minimum atomic E-state index is -1.00. The van der Waals surface area contributed by atoms with Crippen LogP contribution in [0.4, 0.5) is 16.2 Å². The molecule has 3 rings (SSSR count). The van der Waals surface area contributed by atoms with Crippen molar-refractivity contribution in [2.45, 2.75) is 25.8 Å². The molecule has 0 spiro atoms. The Morgan fingerprint density at radius 1 is 0.927 bits per heavy atom. The predicted molar refractivity (Wildman–Crippen MR) is 159 cm³/mol. The van der Waals surface area contributed by atoms with Crippen molar-refractivity contribution in [1.29, 1.82) is 0 Å². The number of amides is 2. The molecule has 3 aromatic carbocycles. The van der Waals surface area contributed by atoms with Crippen LogP contribution in [-0.2, 0) is 27.1 Å². The third-order valence-electron chi connectivity index (χ3n) is 6.14. The van der Waals surface area contributed by atoms with E-state index in [-0.39, 0.29) is 40.8 Å². The number of halogens is 2. The van der Waals surface area contributed by atoms with E-state index in [0.29, 0.717) is 11.3 Å². The summed E-state index contributed by atoms with van der Waals surface area (Å²) in [7, 11) is 4.94. The van der Waals surface area contributed by atoms with Crippen molar-refractivity contribution in [3.63, 3.8) is 0 Å². The molecule has 11 heteroatoms. The highest BCUT2D eigenvalue weighted by atomic mass is 35.5. The van der Waals surface area contributed by atoms with Gasteiger partial charge in [-0.3, -0.25) is 14.9 Å². The smallest absolute Gasteiger partial charge is 0.411 e. The van der Waals surface area contributed by atoms with Gasteiger partial charge in [-0.2, -0.15) is 0 Å². The van der Waals surface area contributed by atoms with Crippen LogP contribution >= 0.6 is 23.2 Å². The average molecular weight is 600 g/mol. The summed E-state index contributed by atoms with van der Waals surface area (Å²) < 4.78 is 9.84. The SMILES string of the molecule is CCOC(=O)Nc1ccc(N(C)C)cc1C(=O)Cc1ccc(C[C@H](NC(=O)c2c(Cl)cccc2Cl)C(=O)OC)cc1. The molecule has 0 aliphatic heterocycles. The van der Waals surface area contributed by atoms with Gasteiger partial charge in [0.05, 0.1) is 35.0 Å². The third-order valence-corrected chi connectivity index (χ3v) is 6.77. The Bertz CT molecular complexity index is 1410. The predicted octanol–water partition coefficient (Wildman–Crippen LogP) is 5.57. The van der Waals surface area contributed by atoms with Gasteiger partial charge in [0.25, 0.3) is 5.91 Å². The zero-order valence-electron chi connectivity index (χ0n) is 23.1. The second-order valence-corrected chi connectivity index (χ2v) is 10.1. The summed E-state index contributed by atoms with van der Waals surface area (Å²) in [5.41, 5.74) is 3.01. The zero-order chi connectivity index (χ0) is 30.1. The molecule has 0 heterocycles. The second kappa shape index (κ2) is 14.5. The van der Waals surface area contributed by atoms with Crippen molar-refractivity contribution < 1.29 is 28.7 Å². The number of nitrogens with one attached hydrogen (secondary N) is 2. The standard InChI is InChI=1S/C30H31Cl2N3O6/c1-5-41-30(39)34-24-14-13-20(35(2)3)17-21(24)26(36)16-19-11-9-18(10-12-19)15-25(29(38)40-4)33-28(37)27-22(31)7-6-8-23(27)32/h6-14,17,25H,5,15-16H2,1-4H3,(H,33,37)(H,34,39)/t25-/m0/s1. The molecule has 0 saturated carbocycles. The normalized spacial score (nSPS) is 11.3. The summed E-state index contributed by atoms with van der Waals surface area (Å²) in [6, 6.07) is 15.9. The highest BCUT2D eigenvalue weighted by molar-refractivity contribution is 6.39. The number of ketones is 1. The van der Waals surface area contributed by atoms with Gasteiger partial charge in [-0.1, -0.05) is 53.5 Å². The summed E-state index contributed by atoms with van der Waals surface area (Å²) in [5.74, 6) is -1.45. The lowest BCUT2D eigenvalue weighted by Gasteiger charge is -2.18. The van der Waals surface area contributed by atoms with Crippen LogP contribution in [0, 0.1) is 0 Å². The quantitative estimate of drug-likeness (QED) is 0.219. The molecular weight excluding hydrogens is 569 g/mol. The summed E-state index contributed by atoms with van der Waals surface area (Å²) in [5, 5.41) is 5.59. The first-order chi connectivity index (χ1) is 19.5. The Morgan fingerprint density at radius 3 is 2.15 bits per heavy atom. The van der Waals surface area contributed by atoms with Crippen LogP contribution in [0.2, 0.25) is 10.0 Å². The van der Waals surface area contributed by atoms with E-state index in [1.54, 1.807) is 55.5 Å². The van der Waals surface area contributed by atoms with E-state index < -0.39 is 24.0 Å². The highest BCUT2D eigenvalue weighted by Crippen LogP contribution is 2.26. The summed E-state index contributed by atoms with van der Waals surface area (Å²) in [6.07, 6.45) is -0.447. The monoisotopic (exact) mass is 599 g/mol. The van der Waals surface area contributed by atoms with Crippen LogP contribution in [0.1, 0.15) is 38.8 Å². The van der Waals surface area contributed by atoms with E-state index in [4.69, 9.17) is 32.7 Å². The molecule has 0 radical (unpaired) electrons. The molecule has 1 atom stereocenters. The van der Waals surface area contributed by atoms with Gasteiger partial charge in [0, 0.05) is 38.2 Å². The van der Waals surface area contributed by atoms with Crippen LogP contribution in [0.15, 0.2) is 60.7 Å². The Kier molecular flexibility index (Phi) is 11.1. The molecule has 0 unspecified atom stereocenters. The van der Waals surface area contributed by atoms with Crippen LogP contribution in [0.5, 0.6) is 0 Å². The molecular formula is C30H31Cl2N3O6. The van der Waals surface area contributed by atoms with Gasteiger partial charge >= 0.3 is 12.1 Å². The van der Waals surface area contributed by atoms with Crippen molar-refractivity contribution in [2.24, 2.45) is 0 Å². The fraction of sp³-hybridized carbons (Fsp3) is 0.267. The molecule has 216 valence electrons. The fourth-order valence-corrected chi connectivity index (χ4v) is 4.59. The Labute approximate surface area is 248 Å². The summed E-state index contributed by atoms with van der Waals surface area (Å²) in [6.45, 7) is 1.89. The molecule has 0 bridgehead atoms. The van der Waals surface area contributed by atoms with Gasteiger partial charge in [-0.05, 0) is 48.4 Å². The van der Waals surface area contributed by atoms with Gasteiger partial charge < -0.3 is 19.7 Å². The number of hydrogen-bond donors (Lipinski definition) is 2. The van der Waals surface area contributed by atoms with Gasteiger partial charge in [-0.25, -0.2) is 9.59 Å². The van der Waals surface area contributed by atoms with Gasteiger partial charge in [0.15, 0.2) is 5.78 Å². The Balaban J connectivity index is 1.76. The van der Waals surface area contributed by atoms with Crippen LogP contribution in [0.3, 0.4) is 0 Å². The minimum absolute atomic E-state index is 0.0637. The van der Waals surface area contributed by atoms with E-state index in [2.05, 4.69) is 10.6 Å². The van der Waals surface area contributed by atoms with E-state index in [9.17, 15) is 19.2 Å². The maximum Gasteiger partial charge on any atom is 0.411 e. The zero-order valence-corrected chi connectivity index (χ0v) is 24.6. The summed E-state index contributed by atoms with van der Waals surface area (Å²) >= 11 is 12.3. The molecule has 41 heavy (non-hydrogen) atoms. The van der Waals surface area contributed by atoms with Crippen LogP contribution < -0.4 is 15.5 Å². The molecule has 0 fully saturated rings. The Hall–Kier alpha value is -4.08. The number of carbonyl (C=O) groups is 4. The third kappa shape index (κ3) is 8.45. The molecule has 0 aliphatic carbocycles. The van der Waals surface area contributed by atoms with Crippen molar-refractivity contribution >= 4 is 58.3 Å². The molecule has 2 N–H and O–H groups in total. The van der Waals surface area contributed by atoms with Crippen LogP contribution in [0.25, 0.3) is 0 Å². The maximum absolute atomic E-state index is 13.3. The lowest BCUT2D eigenvalue weighted by atomic mass is 9.98. The highest BCUT2D eigenvalue weighted by Gasteiger charge is 2.25. The van der Waals surface area contributed by atoms with Crippen molar-refractivity contribution in [2.75, 3.05) is 38.0 Å². The van der Waals surface area contributed by atoms with Crippen molar-refractivity contribution in [1.82, 2.24) is 5.32 Å². The average Bonchev–Trinajstić information content (AvgIpc) is 2.93. The Morgan fingerprint density at radius 2 is 1.56 bits per heavy atom. The number of rotatable bonds is 11. The number of methoxy groups -OCH3 is 1. The largest absolute Gasteiger partial charge is 0.467 e. The fourth-order valence-electron chi connectivity index (χ4n) is 4.02. The van der Waals surface area contributed by atoms with Gasteiger partial charge in [-0.15, -0.1) is 0 Å². The van der Waals surface area contributed by atoms with E-state index in [1.165, 1.54) is 19.2 Å². The topological polar surface area (TPSA) is 114 Å². The number of carbonyl (C=O) groups excluding carboxylic acids is 4. The number of benzene rings is 3. The van der Waals surface area contributed by atoms with E-state index >= 15 is 0 Å². The maximum atomic E-state index is 13.3. The van der Waals surface area contributed by atoms with Crippen molar-refractivity contribution in [3.8, 4) is 0 Å². The first-order valence-corrected chi connectivity index (χ1v) is 13.5. The lowest BCUT2D eigenvalue weighted by molar-refractivity contribution is -0.142. The molecule has 0 aliphatic rings. The lowest BCUT2D eigenvalue weighted by Crippen LogP contribution is -2.43. The van der Waals surface area contributed by atoms with Gasteiger partial charge in [0.1, 0.15) is 6.04 Å². The molecule has 0 saturated heterocycles. The van der Waals surface area contributed by atoms with Crippen LogP contribution in [-0.4, -0.2) is 57.6 Å².